The molecule has 2 rings (SSSR count). The van der Waals surface area contributed by atoms with Gasteiger partial charge in [-0.25, -0.2) is 0 Å². The number of benzene rings is 1. The number of likely N-dealkylation sites (tertiary alicyclic amines) is 1. The molecular formula is C18H27Cl2N3O2. The summed E-state index contributed by atoms with van der Waals surface area (Å²) in [4.78, 5) is 26.2. The molecule has 1 saturated heterocycles. The van der Waals surface area contributed by atoms with Gasteiger partial charge in [0.05, 0.1) is 12.5 Å². The van der Waals surface area contributed by atoms with Crippen LogP contribution in [-0.4, -0.2) is 43.4 Å². The zero-order chi connectivity index (χ0) is 17.5. The Morgan fingerprint density at radius 2 is 2.00 bits per heavy atom. The summed E-state index contributed by atoms with van der Waals surface area (Å²) in [6.45, 7) is 3.98. The molecule has 2 atom stereocenters. The number of amides is 2. The van der Waals surface area contributed by atoms with Crippen molar-refractivity contribution in [2.24, 2.45) is 5.92 Å². The van der Waals surface area contributed by atoms with Gasteiger partial charge in [-0.3, -0.25) is 9.59 Å². The maximum absolute atomic E-state index is 12.7. The number of nitrogens with one attached hydrogen (secondary N) is 2. The molecule has 25 heavy (non-hydrogen) atoms. The molecule has 0 spiro atoms. The van der Waals surface area contributed by atoms with Crippen LogP contribution in [0.15, 0.2) is 24.3 Å². The molecule has 0 saturated carbocycles. The molecule has 1 aliphatic heterocycles. The fraction of sp³-hybridized carbons (Fsp3) is 0.556. The molecule has 7 heteroatoms. The molecule has 2 unspecified atom stereocenters. The van der Waals surface area contributed by atoms with Crippen molar-refractivity contribution in [3.63, 3.8) is 0 Å². The van der Waals surface area contributed by atoms with Gasteiger partial charge in [0.2, 0.25) is 11.8 Å². The zero-order valence-corrected chi connectivity index (χ0v) is 16.3. The third kappa shape index (κ3) is 6.84. The van der Waals surface area contributed by atoms with Crippen LogP contribution >= 0.6 is 24.0 Å². The Bertz CT molecular complexity index is 564. The zero-order valence-electron chi connectivity index (χ0n) is 14.8. The van der Waals surface area contributed by atoms with Gasteiger partial charge in [0.15, 0.2) is 0 Å². The third-order valence-corrected chi connectivity index (χ3v) is 4.65. The second-order valence-corrected chi connectivity index (χ2v) is 6.85. The Morgan fingerprint density at radius 3 is 2.60 bits per heavy atom. The average molecular weight is 388 g/mol. The SMILES string of the molecule is CNCC1CCCN(C(=O)CC(NC(C)=O)c2ccc(Cl)cc2)C1.Cl. The number of halogens is 2. The van der Waals surface area contributed by atoms with Crippen LogP contribution in [0.3, 0.4) is 0 Å². The van der Waals surface area contributed by atoms with E-state index in [4.69, 9.17) is 11.6 Å². The largest absolute Gasteiger partial charge is 0.349 e. The van der Waals surface area contributed by atoms with E-state index in [9.17, 15) is 9.59 Å². The molecule has 1 fully saturated rings. The van der Waals surface area contributed by atoms with E-state index in [2.05, 4.69) is 10.6 Å². The molecule has 0 radical (unpaired) electrons. The lowest BCUT2D eigenvalue weighted by Crippen LogP contribution is -2.43. The molecule has 1 aromatic rings. The van der Waals surface area contributed by atoms with Crippen LogP contribution in [0.2, 0.25) is 5.02 Å². The number of rotatable bonds is 6. The van der Waals surface area contributed by atoms with Crippen molar-refractivity contribution in [1.29, 1.82) is 0 Å². The van der Waals surface area contributed by atoms with Crippen molar-refractivity contribution in [2.45, 2.75) is 32.2 Å². The van der Waals surface area contributed by atoms with Crippen LogP contribution < -0.4 is 10.6 Å². The van der Waals surface area contributed by atoms with Gasteiger partial charge >= 0.3 is 0 Å². The second kappa shape index (κ2) is 10.6. The minimum Gasteiger partial charge on any atom is -0.349 e. The molecule has 1 heterocycles. The van der Waals surface area contributed by atoms with Crippen LogP contribution in [0.5, 0.6) is 0 Å². The number of carbonyl (C=O) groups is 2. The van der Waals surface area contributed by atoms with Crippen LogP contribution in [0.25, 0.3) is 0 Å². The van der Waals surface area contributed by atoms with Crippen molar-refractivity contribution in [1.82, 2.24) is 15.5 Å². The minimum absolute atomic E-state index is 0. The summed E-state index contributed by atoms with van der Waals surface area (Å²) >= 11 is 5.93. The predicted octanol–water partition coefficient (Wildman–Crippen LogP) is 2.79. The second-order valence-electron chi connectivity index (χ2n) is 6.41. The maximum atomic E-state index is 12.7. The Morgan fingerprint density at radius 1 is 1.32 bits per heavy atom. The number of hydrogen-bond acceptors (Lipinski definition) is 3. The van der Waals surface area contributed by atoms with E-state index in [1.54, 1.807) is 12.1 Å². The standard InChI is InChI=1S/C18H26ClN3O2.ClH/c1-13(23)21-17(15-5-7-16(19)8-6-15)10-18(24)22-9-3-4-14(12-22)11-20-2;/h5-8,14,17,20H,3-4,9-12H2,1-2H3,(H,21,23);1H. The molecule has 0 aromatic heterocycles. The molecule has 1 aromatic carbocycles. The first-order valence-corrected chi connectivity index (χ1v) is 8.82. The lowest BCUT2D eigenvalue weighted by molar-refractivity contribution is -0.133. The summed E-state index contributed by atoms with van der Waals surface area (Å²) in [5, 5.41) is 6.70. The highest BCUT2D eigenvalue weighted by Gasteiger charge is 2.26. The maximum Gasteiger partial charge on any atom is 0.224 e. The van der Waals surface area contributed by atoms with Crippen molar-refractivity contribution in [3.8, 4) is 0 Å². The molecule has 0 bridgehead atoms. The third-order valence-electron chi connectivity index (χ3n) is 4.39. The molecular weight excluding hydrogens is 361 g/mol. The molecule has 140 valence electrons. The molecule has 0 aliphatic carbocycles. The van der Waals surface area contributed by atoms with Crippen LogP contribution in [-0.2, 0) is 9.59 Å². The quantitative estimate of drug-likeness (QED) is 0.788. The van der Waals surface area contributed by atoms with Crippen molar-refractivity contribution < 1.29 is 9.59 Å². The number of hydrogen-bond donors (Lipinski definition) is 2. The highest BCUT2D eigenvalue weighted by Crippen LogP contribution is 2.23. The summed E-state index contributed by atoms with van der Waals surface area (Å²) in [5.74, 6) is 0.446. The molecule has 2 N–H and O–H groups in total. The molecule has 5 nitrogen and oxygen atoms in total. The highest BCUT2D eigenvalue weighted by molar-refractivity contribution is 6.30. The summed E-state index contributed by atoms with van der Waals surface area (Å²) in [5.41, 5.74) is 0.895. The van der Waals surface area contributed by atoms with E-state index in [0.717, 1.165) is 38.0 Å². The first-order chi connectivity index (χ1) is 11.5. The highest BCUT2D eigenvalue weighted by atomic mass is 35.5. The lowest BCUT2D eigenvalue weighted by Gasteiger charge is -2.33. The number of nitrogens with zero attached hydrogens (tertiary/aromatic N) is 1. The van der Waals surface area contributed by atoms with Crippen LogP contribution in [0, 0.1) is 5.92 Å². The van der Waals surface area contributed by atoms with E-state index in [0.29, 0.717) is 10.9 Å². The van der Waals surface area contributed by atoms with Gasteiger partial charge < -0.3 is 15.5 Å². The first kappa shape index (κ1) is 21.7. The summed E-state index contributed by atoms with van der Waals surface area (Å²) < 4.78 is 0. The van der Waals surface area contributed by atoms with Gasteiger partial charge in [0.25, 0.3) is 0 Å². The van der Waals surface area contributed by atoms with Crippen molar-refractivity contribution in [2.75, 3.05) is 26.7 Å². The van der Waals surface area contributed by atoms with Gasteiger partial charge in [0.1, 0.15) is 0 Å². The minimum atomic E-state index is -0.322. The average Bonchev–Trinajstić information content (AvgIpc) is 2.55. The Hall–Kier alpha value is -1.30. The summed E-state index contributed by atoms with van der Waals surface area (Å²) in [7, 11) is 1.94. The topological polar surface area (TPSA) is 61.4 Å². The predicted molar refractivity (Wildman–Crippen MR) is 103 cm³/mol. The Kier molecular flexibility index (Phi) is 9.25. The van der Waals surface area contributed by atoms with Crippen molar-refractivity contribution in [3.05, 3.63) is 34.9 Å². The molecule has 1 aliphatic rings. The summed E-state index contributed by atoms with van der Waals surface area (Å²) in [6, 6.07) is 6.95. The first-order valence-electron chi connectivity index (χ1n) is 8.44. The van der Waals surface area contributed by atoms with Gasteiger partial charge in [-0.2, -0.15) is 0 Å². The lowest BCUT2D eigenvalue weighted by atomic mass is 9.96. The van der Waals surface area contributed by atoms with Crippen molar-refractivity contribution >= 4 is 35.8 Å². The monoisotopic (exact) mass is 387 g/mol. The van der Waals surface area contributed by atoms with E-state index in [-0.39, 0.29) is 36.7 Å². The van der Waals surface area contributed by atoms with E-state index in [1.807, 2.05) is 24.1 Å². The fourth-order valence-corrected chi connectivity index (χ4v) is 3.37. The Balaban J connectivity index is 0.00000312. The van der Waals surface area contributed by atoms with Gasteiger partial charge in [-0.05, 0) is 50.0 Å². The van der Waals surface area contributed by atoms with Gasteiger partial charge in [0, 0.05) is 25.0 Å². The van der Waals surface area contributed by atoms with E-state index >= 15 is 0 Å². The molecule has 2 amide bonds. The van der Waals surface area contributed by atoms with Crippen LogP contribution in [0.1, 0.15) is 37.8 Å². The van der Waals surface area contributed by atoms with E-state index < -0.39 is 0 Å². The normalized spacial score (nSPS) is 18.2. The van der Waals surface area contributed by atoms with E-state index in [1.165, 1.54) is 6.92 Å². The van der Waals surface area contributed by atoms with Gasteiger partial charge in [-0.15, -0.1) is 12.4 Å². The number of carbonyl (C=O) groups excluding carboxylic acids is 2. The Labute approximate surface area is 160 Å². The van der Waals surface area contributed by atoms with Gasteiger partial charge in [-0.1, -0.05) is 23.7 Å². The fourth-order valence-electron chi connectivity index (χ4n) is 3.24. The smallest absolute Gasteiger partial charge is 0.224 e. The van der Waals surface area contributed by atoms with Crippen LogP contribution in [0.4, 0.5) is 0 Å². The summed E-state index contributed by atoms with van der Waals surface area (Å²) in [6.07, 6.45) is 2.45. The number of piperidine rings is 1.